The second kappa shape index (κ2) is 4.67. The summed E-state index contributed by atoms with van der Waals surface area (Å²) in [4.78, 5) is 14.6. The average Bonchev–Trinajstić information content (AvgIpc) is 2.86. The van der Waals surface area contributed by atoms with Gasteiger partial charge in [-0.05, 0) is 19.1 Å². The maximum absolute atomic E-state index is 11.9. The van der Waals surface area contributed by atoms with Crippen molar-refractivity contribution >= 4 is 43.7 Å². The van der Waals surface area contributed by atoms with Crippen LogP contribution in [-0.4, -0.2) is 24.5 Å². The Morgan fingerprint density at radius 2 is 2.11 bits per heavy atom. The zero-order valence-corrected chi connectivity index (χ0v) is 11.5. The molecule has 0 spiro atoms. The standard InChI is InChI=1S/C9H8N2O4S3/c1-5-10-4-8(16-5)18(14,15)11-7-3-2-6(17-7)9(12)13/h2-4,11H,1H3,(H,12,13). The average molecular weight is 304 g/mol. The maximum Gasteiger partial charge on any atom is 0.345 e. The summed E-state index contributed by atoms with van der Waals surface area (Å²) in [5.74, 6) is -1.08. The first kappa shape index (κ1) is 13.0. The molecular formula is C9H8N2O4S3. The number of sulfonamides is 1. The Morgan fingerprint density at radius 1 is 1.39 bits per heavy atom. The highest BCUT2D eigenvalue weighted by atomic mass is 32.2. The van der Waals surface area contributed by atoms with E-state index in [0.717, 1.165) is 22.7 Å². The van der Waals surface area contributed by atoms with Crippen molar-refractivity contribution in [3.8, 4) is 0 Å². The quantitative estimate of drug-likeness (QED) is 0.900. The number of carbonyl (C=O) groups is 1. The van der Waals surface area contributed by atoms with Gasteiger partial charge in [0.25, 0.3) is 10.0 Å². The molecule has 2 N–H and O–H groups in total. The number of thiophene rings is 1. The molecule has 0 unspecified atom stereocenters. The molecule has 2 rings (SSSR count). The molecule has 0 aliphatic carbocycles. The predicted molar refractivity (Wildman–Crippen MR) is 68.9 cm³/mol. The van der Waals surface area contributed by atoms with E-state index >= 15 is 0 Å². The summed E-state index contributed by atoms with van der Waals surface area (Å²) in [7, 11) is -3.68. The van der Waals surface area contributed by atoms with Gasteiger partial charge in [0, 0.05) is 0 Å². The van der Waals surface area contributed by atoms with Crippen LogP contribution in [0.25, 0.3) is 0 Å². The number of hydrogen-bond acceptors (Lipinski definition) is 6. The number of thiazole rings is 1. The van der Waals surface area contributed by atoms with Crippen LogP contribution in [0.3, 0.4) is 0 Å². The number of rotatable bonds is 4. The van der Waals surface area contributed by atoms with Gasteiger partial charge in [-0.2, -0.15) is 0 Å². The van der Waals surface area contributed by atoms with Crippen molar-refractivity contribution < 1.29 is 18.3 Å². The van der Waals surface area contributed by atoms with Crippen molar-refractivity contribution in [3.05, 3.63) is 28.2 Å². The van der Waals surface area contributed by atoms with Crippen LogP contribution in [-0.2, 0) is 10.0 Å². The third-order valence-electron chi connectivity index (χ3n) is 1.92. The van der Waals surface area contributed by atoms with Gasteiger partial charge in [0.05, 0.1) is 11.2 Å². The number of aromatic nitrogens is 1. The van der Waals surface area contributed by atoms with Gasteiger partial charge in [-0.25, -0.2) is 18.2 Å². The minimum atomic E-state index is -3.68. The van der Waals surface area contributed by atoms with Crippen LogP contribution in [0.4, 0.5) is 5.00 Å². The summed E-state index contributed by atoms with van der Waals surface area (Å²) < 4.78 is 26.2. The van der Waals surface area contributed by atoms with E-state index in [0.29, 0.717) is 5.01 Å². The predicted octanol–water partition coefficient (Wildman–Crippen LogP) is 2.01. The van der Waals surface area contributed by atoms with Crippen LogP contribution < -0.4 is 4.72 Å². The smallest absolute Gasteiger partial charge is 0.345 e. The molecule has 0 amide bonds. The molecule has 6 nitrogen and oxygen atoms in total. The van der Waals surface area contributed by atoms with Gasteiger partial charge < -0.3 is 5.11 Å². The van der Waals surface area contributed by atoms with Crippen molar-refractivity contribution in [2.24, 2.45) is 0 Å². The minimum Gasteiger partial charge on any atom is -0.477 e. The van der Waals surface area contributed by atoms with Gasteiger partial charge in [-0.15, -0.1) is 22.7 Å². The van der Waals surface area contributed by atoms with Gasteiger partial charge in [-0.1, -0.05) is 0 Å². The van der Waals surface area contributed by atoms with Gasteiger partial charge in [-0.3, -0.25) is 4.72 Å². The van der Waals surface area contributed by atoms with Gasteiger partial charge in [0.15, 0.2) is 4.21 Å². The molecule has 0 bridgehead atoms. The van der Waals surface area contributed by atoms with E-state index in [2.05, 4.69) is 9.71 Å². The minimum absolute atomic E-state index is 0.0770. The first-order chi connectivity index (χ1) is 8.38. The third-order valence-corrected chi connectivity index (χ3v) is 5.77. The van der Waals surface area contributed by atoms with Crippen molar-refractivity contribution in [2.75, 3.05) is 4.72 Å². The van der Waals surface area contributed by atoms with Crippen LogP contribution >= 0.6 is 22.7 Å². The third kappa shape index (κ3) is 2.68. The lowest BCUT2D eigenvalue weighted by molar-refractivity contribution is 0.0702. The Morgan fingerprint density at radius 3 is 2.61 bits per heavy atom. The molecule has 0 aromatic carbocycles. The summed E-state index contributed by atoms with van der Waals surface area (Å²) in [6, 6.07) is 2.77. The van der Waals surface area contributed by atoms with Crippen molar-refractivity contribution in [1.82, 2.24) is 4.98 Å². The maximum atomic E-state index is 11.9. The summed E-state index contributed by atoms with van der Waals surface area (Å²) in [5.41, 5.74) is 0. The highest BCUT2D eigenvalue weighted by Crippen LogP contribution is 2.26. The van der Waals surface area contributed by atoms with E-state index in [4.69, 9.17) is 5.11 Å². The molecule has 2 aromatic rings. The number of nitrogens with one attached hydrogen (secondary N) is 1. The lowest BCUT2D eigenvalue weighted by Crippen LogP contribution is -2.10. The number of aromatic carboxylic acids is 1. The van der Waals surface area contributed by atoms with E-state index in [9.17, 15) is 13.2 Å². The second-order valence-corrected chi connectivity index (χ2v) is 7.50. The zero-order valence-electron chi connectivity index (χ0n) is 9.08. The second-order valence-electron chi connectivity index (χ2n) is 3.27. The molecule has 0 aliphatic heterocycles. The first-order valence-corrected chi connectivity index (χ1v) is 7.78. The number of hydrogen-bond donors (Lipinski definition) is 2. The van der Waals surface area contributed by atoms with Crippen molar-refractivity contribution in [3.63, 3.8) is 0 Å². The van der Waals surface area contributed by atoms with E-state index in [1.54, 1.807) is 6.92 Å². The summed E-state index contributed by atoms with van der Waals surface area (Å²) >= 11 is 1.92. The van der Waals surface area contributed by atoms with Gasteiger partial charge in [0.1, 0.15) is 9.88 Å². The van der Waals surface area contributed by atoms with E-state index in [1.165, 1.54) is 18.3 Å². The van der Waals surface area contributed by atoms with Crippen LogP contribution in [0.5, 0.6) is 0 Å². The van der Waals surface area contributed by atoms with E-state index < -0.39 is 16.0 Å². The van der Waals surface area contributed by atoms with Gasteiger partial charge >= 0.3 is 5.97 Å². The topological polar surface area (TPSA) is 96.4 Å². The highest BCUT2D eigenvalue weighted by molar-refractivity contribution is 7.94. The molecule has 2 aromatic heterocycles. The monoisotopic (exact) mass is 304 g/mol. The Kier molecular flexibility index (Phi) is 3.37. The van der Waals surface area contributed by atoms with Crippen LogP contribution in [0.1, 0.15) is 14.7 Å². The fraction of sp³-hybridized carbons (Fsp3) is 0.111. The molecule has 18 heavy (non-hydrogen) atoms. The zero-order chi connectivity index (χ0) is 13.3. The number of carboxylic acid groups (broad SMARTS) is 1. The molecule has 0 fully saturated rings. The first-order valence-electron chi connectivity index (χ1n) is 4.67. The largest absolute Gasteiger partial charge is 0.477 e. The molecule has 0 saturated carbocycles. The molecule has 0 atom stereocenters. The number of nitrogens with zero attached hydrogens (tertiary/aromatic N) is 1. The summed E-state index contributed by atoms with van der Waals surface area (Å²) in [5, 5.41) is 9.65. The van der Waals surface area contributed by atoms with Gasteiger partial charge in [0.2, 0.25) is 0 Å². The molecule has 0 aliphatic rings. The summed E-state index contributed by atoms with van der Waals surface area (Å²) in [6.45, 7) is 1.71. The van der Waals surface area contributed by atoms with Crippen LogP contribution in [0.2, 0.25) is 0 Å². The normalized spacial score (nSPS) is 11.4. The molecule has 96 valence electrons. The molecule has 2 heterocycles. The highest BCUT2D eigenvalue weighted by Gasteiger charge is 2.18. The Labute approximate surface area is 111 Å². The van der Waals surface area contributed by atoms with Crippen LogP contribution in [0.15, 0.2) is 22.5 Å². The summed E-state index contributed by atoms with van der Waals surface area (Å²) in [6.07, 6.45) is 1.27. The fourth-order valence-electron chi connectivity index (χ4n) is 1.16. The lowest BCUT2D eigenvalue weighted by atomic mass is 10.5. The SMILES string of the molecule is Cc1ncc(S(=O)(=O)Nc2ccc(C(=O)O)s2)s1. The molecule has 0 saturated heterocycles. The van der Waals surface area contributed by atoms with Crippen LogP contribution in [0, 0.1) is 6.92 Å². The van der Waals surface area contributed by atoms with E-state index in [-0.39, 0.29) is 14.1 Å². The Hall–Kier alpha value is -1.45. The lowest BCUT2D eigenvalue weighted by Gasteiger charge is -2.01. The van der Waals surface area contributed by atoms with E-state index in [1.807, 2.05) is 0 Å². The fourth-order valence-corrected chi connectivity index (χ4v) is 4.30. The number of carboxylic acids is 1. The number of aryl methyl sites for hydroxylation is 1. The molecule has 9 heteroatoms. The van der Waals surface area contributed by atoms with Crippen molar-refractivity contribution in [1.29, 1.82) is 0 Å². The Bertz CT molecular complexity index is 686. The van der Waals surface area contributed by atoms with Crippen molar-refractivity contribution in [2.45, 2.75) is 11.1 Å². The number of anilines is 1. The Balaban J connectivity index is 2.25. The molecule has 0 radical (unpaired) electrons. The molecular weight excluding hydrogens is 296 g/mol.